The Labute approximate surface area is 154 Å². The monoisotopic (exact) mass is 308 g/mol. The van der Waals surface area contributed by atoms with E-state index < -0.39 is 5.97 Å². The van der Waals surface area contributed by atoms with Gasteiger partial charge < -0.3 is 5.11 Å². The van der Waals surface area contributed by atoms with Gasteiger partial charge >= 0.3 is 35.5 Å². The molecule has 1 unspecified atom stereocenters. The Bertz CT molecular complexity index is 219. The summed E-state index contributed by atoms with van der Waals surface area (Å²) in [5, 5.41) is 9.25. The first-order valence-electron chi connectivity index (χ1n) is 8.95. The van der Waals surface area contributed by atoms with Gasteiger partial charge in [0.25, 0.3) is 0 Å². The van der Waals surface area contributed by atoms with Gasteiger partial charge in [-0.05, 0) is 12.8 Å². The van der Waals surface area contributed by atoms with E-state index in [1.54, 1.807) is 0 Å². The molecule has 0 aliphatic carbocycles. The number of unbranched alkanes of at least 4 members (excludes halogenated alkanes) is 10. The van der Waals surface area contributed by atoms with Crippen molar-refractivity contribution in [3.8, 4) is 0 Å². The summed E-state index contributed by atoms with van der Waals surface area (Å²) in [4.78, 5) is 11.2. The van der Waals surface area contributed by atoms with Crippen LogP contribution < -0.4 is 0 Å². The van der Waals surface area contributed by atoms with Crippen LogP contribution in [0.1, 0.15) is 104 Å². The molecule has 0 aromatic heterocycles. The molecule has 0 aromatic rings. The molecule has 21 heavy (non-hydrogen) atoms. The number of aliphatic carboxylic acids is 1. The zero-order valence-electron chi connectivity index (χ0n) is 13.8. The van der Waals surface area contributed by atoms with Gasteiger partial charge in [-0.25, -0.2) is 0 Å². The van der Waals surface area contributed by atoms with E-state index in [2.05, 4.69) is 13.8 Å². The number of hydrogen-bond donors (Lipinski definition) is 1. The van der Waals surface area contributed by atoms with Gasteiger partial charge in [0, 0.05) is 0 Å². The van der Waals surface area contributed by atoms with Crippen LogP contribution in [-0.4, -0.2) is 40.6 Å². The molecule has 2 nitrogen and oxygen atoms in total. The van der Waals surface area contributed by atoms with Gasteiger partial charge in [0.2, 0.25) is 0 Å². The molecule has 3 heteroatoms. The maximum absolute atomic E-state index is 11.2. The number of rotatable bonds is 15. The van der Waals surface area contributed by atoms with E-state index in [4.69, 9.17) is 0 Å². The fourth-order valence-electron chi connectivity index (χ4n) is 2.73. The molecule has 0 bridgehead atoms. The molecule has 0 aliphatic rings. The third kappa shape index (κ3) is 16.7. The molecular weight excluding hydrogens is 271 g/mol. The number of carboxylic acid groups (broad SMARTS) is 1. The van der Waals surface area contributed by atoms with Gasteiger partial charge in [0.15, 0.2) is 0 Å². The average Bonchev–Trinajstić information content (AvgIpc) is 2.43. The maximum atomic E-state index is 11.2. The van der Waals surface area contributed by atoms with E-state index >= 15 is 0 Å². The molecule has 0 saturated carbocycles. The Morgan fingerprint density at radius 1 is 0.714 bits per heavy atom. The van der Waals surface area contributed by atoms with E-state index in [-0.39, 0.29) is 35.5 Å². The van der Waals surface area contributed by atoms with Gasteiger partial charge in [-0.15, -0.1) is 0 Å². The molecular formula is C18H37NaO2. The average molecular weight is 308 g/mol. The second kappa shape index (κ2) is 18.5. The van der Waals surface area contributed by atoms with Crippen molar-refractivity contribution in [2.24, 2.45) is 5.92 Å². The van der Waals surface area contributed by atoms with Crippen molar-refractivity contribution in [2.45, 2.75) is 104 Å². The summed E-state index contributed by atoms with van der Waals surface area (Å²) in [6.45, 7) is 4.44. The summed E-state index contributed by atoms with van der Waals surface area (Å²) in [7, 11) is 0. The molecule has 1 atom stereocenters. The summed E-state index contributed by atoms with van der Waals surface area (Å²) in [6.07, 6.45) is 16.8. The molecule has 0 radical (unpaired) electrons. The van der Waals surface area contributed by atoms with E-state index in [1.807, 2.05) is 0 Å². The fourth-order valence-corrected chi connectivity index (χ4v) is 2.73. The predicted molar refractivity (Wildman–Crippen MR) is 94.3 cm³/mol. The Morgan fingerprint density at radius 2 is 1.05 bits per heavy atom. The van der Waals surface area contributed by atoms with Gasteiger partial charge in [-0.2, -0.15) is 0 Å². The van der Waals surface area contributed by atoms with Crippen molar-refractivity contribution in [3.05, 3.63) is 0 Å². The second-order valence-corrected chi connectivity index (χ2v) is 6.15. The van der Waals surface area contributed by atoms with Crippen LogP contribution >= 0.6 is 0 Å². The molecule has 0 heterocycles. The molecule has 122 valence electrons. The molecule has 0 saturated heterocycles. The first kappa shape index (κ1) is 23.7. The Morgan fingerprint density at radius 3 is 1.38 bits per heavy atom. The number of carbonyl (C=O) groups is 1. The Balaban J connectivity index is 0. The molecule has 0 amide bonds. The van der Waals surface area contributed by atoms with Gasteiger partial charge in [-0.1, -0.05) is 90.9 Å². The van der Waals surface area contributed by atoms with Crippen LogP contribution in [0.3, 0.4) is 0 Å². The molecule has 0 fully saturated rings. The zero-order chi connectivity index (χ0) is 15.1. The third-order valence-electron chi connectivity index (χ3n) is 4.16. The minimum atomic E-state index is -0.577. The normalized spacial score (nSPS) is 11.9. The van der Waals surface area contributed by atoms with Crippen LogP contribution in [0.25, 0.3) is 0 Å². The Hall–Kier alpha value is 0.470. The first-order valence-corrected chi connectivity index (χ1v) is 8.95. The SMILES string of the molecule is CCCCCCCCCC(CCCCCCC)C(=O)O.[NaH]. The molecule has 0 aliphatic heterocycles. The van der Waals surface area contributed by atoms with Crippen LogP contribution in [-0.2, 0) is 4.79 Å². The van der Waals surface area contributed by atoms with Crippen molar-refractivity contribution in [2.75, 3.05) is 0 Å². The summed E-state index contributed by atoms with van der Waals surface area (Å²) in [6, 6.07) is 0. The zero-order valence-corrected chi connectivity index (χ0v) is 13.8. The van der Waals surface area contributed by atoms with Crippen molar-refractivity contribution in [1.82, 2.24) is 0 Å². The summed E-state index contributed by atoms with van der Waals surface area (Å²) in [5.41, 5.74) is 0. The van der Waals surface area contributed by atoms with Crippen molar-refractivity contribution < 1.29 is 9.90 Å². The number of carboxylic acids is 1. The van der Waals surface area contributed by atoms with E-state index in [9.17, 15) is 9.90 Å². The van der Waals surface area contributed by atoms with Crippen molar-refractivity contribution in [1.29, 1.82) is 0 Å². The van der Waals surface area contributed by atoms with Crippen molar-refractivity contribution >= 4 is 35.5 Å². The minimum absolute atomic E-state index is 0. The van der Waals surface area contributed by atoms with Crippen LogP contribution in [0.4, 0.5) is 0 Å². The van der Waals surface area contributed by atoms with Crippen LogP contribution in [0, 0.1) is 5.92 Å². The first-order chi connectivity index (χ1) is 9.72. The number of hydrogen-bond acceptors (Lipinski definition) is 1. The molecule has 0 aromatic carbocycles. The van der Waals surface area contributed by atoms with Gasteiger partial charge in [0.05, 0.1) is 5.92 Å². The summed E-state index contributed by atoms with van der Waals surface area (Å²) in [5.74, 6) is -0.668. The van der Waals surface area contributed by atoms with Crippen LogP contribution in [0.2, 0.25) is 0 Å². The standard InChI is InChI=1S/C18H36O2.Na.H/c1-3-5-7-9-10-12-14-16-17(18(19)20)15-13-11-8-6-4-2;;/h17H,3-16H2,1-2H3,(H,19,20);;. The molecule has 0 rings (SSSR count). The summed E-state index contributed by atoms with van der Waals surface area (Å²) >= 11 is 0. The van der Waals surface area contributed by atoms with E-state index in [1.165, 1.54) is 64.2 Å². The molecule has 1 N–H and O–H groups in total. The summed E-state index contributed by atoms with van der Waals surface area (Å²) < 4.78 is 0. The van der Waals surface area contributed by atoms with E-state index in [0.29, 0.717) is 0 Å². The van der Waals surface area contributed by atoms with E-state index in [0.717, 1.165) is 25.7 Å². The Kier molecular flexibility index (Phi) is 20.9. The van der Waals surface area contributed by atoms with Gasteiger partial charge in [0.1, 0.15) is 0 Å². The second-order valence-electron chi connectivity index (χ2n) is 6.15. The molecule has 0 spiro atoms. The van der Waals surface area contributed by atoms with Crippen LogP contribution in [0.5, 0.6) is 0 Å². The van der Waals surface area contributed by atoms with Gasteiger partial charge in [-0.3, -0.25) is 4.79 Å². The van der Waals surface area contributed by atoms with Crippen LogP contribution in [0.15, 0.2) is 0 Å². The van der Waals surface area contributed by atoms with Crippen molar-refractivity contribution in [3.63, 3.8) is 0 Å². The quantitative estimate of drug-likeness (QED) is 0.318. The topological polar surface area (TPSA) is 37.3 Å². The fraction of sp³-hybridized carbons (Fsp3) is 0.944. The predicted octanol–water partition coefficient (Wildman–Crippen LogP) is 5.54. The third-order valence-corrected chi connectivity index (χ3v) is 4.16.